The van der Waals surface area contributed by atoms with Crippen molar-refractivity contribution in [2.24, 2.45) is 0 Å². The molecule has 3 aromatic carbocycles. The van der Waals surface area contributed by atoms with Crippen LogP contribution in [0, 0.1) is 6.92 Å². The van der Waals surface area contributed by atoms with E-state index in [2.05, 4.69) is 0 Å². The predicted molar refractivity (Wildman–Crippen MR) is 98.9 cm³/mol. The molecule has 4 rings (SSSR count). The highest BCUT2D eigenvalue weighted by Gasteiger charge is 2.47. The van der Waals surface area contributed by atoms with Crippen LogP contribution in [0.2, 0.25) is 0 Å². The largest absolute Gasteiger partial charge is 0.425 e. The maximum absolute atomic E-state index is 13.1. The molecule has 2 nitrogen and oxygen atoms in total. The lowest BCUT2D eigenvalue weighted by molar-refractivity contribution is -0.138. The van der Waals surface area contributed by atoms with E-state index in [0.717, 1.165) is 22.3 Å². The number of aryl methyl sites for hydroxylation is 1. The number of rotatable bonds is 3. The number of hydrogen-bond acceptors (Lipinski definition) is 2. The van der Waals surface area contributed by atoms with E-state index in [-0.39, 0.29) is 5.97 Å². The van der Waals surface area contributed by atoms with Crippen LogP contribution >= 0.6 is 0 Å². The van der Waals surface area contributed by atoms with Crippen molar-refractivity contribution in [2.45, 2.75) is 12.3 Å². The van der Waals surface area contributed by atoms with E-state index >= 15 is 0 Å². The Morgan fingerprint density at radius 1 is 0.720 bits per heavy atom. The first kappa shape index (κ1) is 15.4. The topological polar surface area (TPSA) is 26.3 Å². The van der Waals surface area contributed by atoms with Gasteiger partial charge < -0.3 is 4.74 Å². The molecule has 25 heavy (non-hydrogen) atoms. The minimum absolute atomic E-state index is 0.263. The first-order chi connectivity index (χ1) is 12.2. The Balaban J connectivity index is 1.94. The van der Waals surface area contributed by atoms with Gasteiger partial charge in [-0.3, -0.25) is 0 Å². The van der Waals surface area contributed by atoms with E-state index in [9.17, 15) is 4.79 Å². The molecule has 0 saturated carbocycles. The molecule has 0 saturated heterocycles. The lowest BCUT2D eigenvalue weighted by Gasteiger charge is -2.24. The molecule has 0 spiro atoms. The van der Waals surface area contributed by atoms with Gasteiger partial charge in [-0.15, -0.1) is 0 Å². The molecule has 1 heterocycles. The quantitative estimate of drug-likeness (QED) is 0.641. The second-order valence-corrected chi connectivity index (χ2v) is 6.30. The summed E-state index contributed by atoms with van der Waals surface area (Å²) in [5.41, 5.74) is 2.97. The molecule has 1 aliphatic rings. The Bertz CT molecular complexity index is 925. The number of cyclic esters (lactones) is 1. The lowest BCUT2D eigenvalue weighted by Crippen LogP contribution is -2.32. The highest BCUT2D eigenvalue weighted by atomic mass is 16.5. The van der Waals surface area contributed by atoms with Gasteiger partial charge in [0, 0.05) is 5.56 Å². The summed E-state index contributed by atoms with van der Waals surface area (Å²) in [5.74, 6) is 0.344. The summed E-state index contributed by atoms with van der Waals surface area (Å²) in [6.07, 6.45) is 1.95. The van der Waals surface area contributed by atoms with Crippen LogP contribution in [0.25, 0.3) is 5.76 Å². The minimum atomic E-state index is -0.917. The average Bonchev–Trinajstić information content (AvgIpc) is 3.02. The molecule has 3 aromatic rings. The summed E-state index contributed by atoms with van der Waals surface area (Å²) in [7, 11) is 0. The summed E-state index contributed by atoms with van der Waals surface area (Å²) >= 11 is 0. The Morgan fingerprint density at radius 3 is 1.92 bits per heavy atom. The molecule has 2 heteroatoms. The molecule has 122 valence electrons. The fourth-order valence-corrected chi connectivity index (χ4v) is 3.30. The first-order valence-corrected chi connectivity index (χ1v) is 8.33. The Morgan fingerprint density at radius 2 is 1.28 bits per heavy atom. The summed E-state index contributed by atoms with van der Waals surface area (Å²) in [6.45, 7) is 2.04. The predicted octanol–water partition coefficient (Wildman–Crippen LogP) is 4.88. The van der Waals surface area contributed by atoms with Crippen molar-refractivity contribution in [3.8, 4) is 0 Å². The van der Waals surface area contributed by atoms with E-state index in [1.807, 2.05) is 97.9 Å². The Kier molecular flexibility index (Phi) is 3.73. The van der Waals surface area contributed by atoms with Crippen molar-refractivity contribution in [1.82, 2.24) is 0 Å². The normalized spacial score (nSPS) is 19.4. The summed E-state index contributed by atoms with van der Waals surface area (Å²) in [6, 6.07) is 27.6. The van der Waals surface area contributed by atoms with Gasteiger partial charge in [0.05, 0.1) is 0 Å². The number of esters is 1. The van der Waals surface area contributed by atoms with Crippen molar-refractivity contribution in [3.63, 3.8) is 0 Å². The number of hydrogen-bond donors (Lipinski definition) is 0. The molecule has 1 atom stereocenters. The maximum Gasteiger partial charge on any atom is 0.330 e. The highest BCUT2D eigenvalue weighted by molar-refractivity contribution is 5.99. The molecule has 1 aliphatic heterocycles. The van der Waals surface area contributed by atoms with Gasteiger partial charge in [-0.25, -0.2) is 4.79 Å². The zero-order valence-corrected chi connectivity index (χ0v) is 14.0. The van der Waals surface area contributed by atoms with Crippen molar-refractivity contribution in [2.75, 3.05) is 0 Å². The average molecular weight is 326 g/mol. The molecule has 0 radical (unpaired) electrons. The monoisotopic (exact) mass is 326 g/mol. The first-order valence-electron chi connectivity index (χ1n) is 8.33. The standard InChI is InChI=1S/C23H18O2/c1-17-12-14-20(15-13-17)23(19-10-6-3-7-11-19)16-21(25-22(23)24)18-8-4-2-5-9-18/h2-16H,1H3. The molecule has 0 fully saturated rings. The van der Waals surface area contributed by atoms with E-state index in [4.69, 9.17) is 4.74 Å². The van der Waals surface area contributed by atoms with Crippen LogP contribution in [0.5, 0.6) is 0 Å². The third kappa shape index (κ3) is 2.56. The smallest absolute Gasteiger partial charge is 0.330 e. The molecule has 1 unspecified atom stereocenters. The van der Waals surface area contributed by atoms with Crippen molar-refractivity contribution < 1.29 is 9.53 Å². The fourth-order valence-electron chi connectivity index (χ4n) is 3.30. The fraction of sp³-hybridized carbons (Fsp3) is 0.0870. The lowest BCUT2D eigenvalue weighted by atomic mass is 9.74. The number of ether oxygens (including phenoxy) is 1. The molecule has 0 amide bonds. The van der Waals surface area contributed by atoms with Gasteiger partial charge in [0.2, 0.25) is 0 Å². The maximum atomic E-state index is 13.1. The second-order valence-electron chi connectivity index (χ2n) is 6.30. The van der Waals surface area contributed by atoms with Crippen LogP contribution in [0.3, 0.4) is 0 Å². The molecule has 0 N–H and O–H groups in total. The van der Waals surface area contributed by atoms with Crippen molar-refractivity contribution in [3.05, 3.63) is 113 Å². The minimum Gasteiger partial charge on any atom is -0.425 e. The molecular formula is C23H18O2. The van der Waals surface area contributed by atoms with Crippen molar-refractivity contribution in [1.29, 1.82) is 0 Å². The van der Waals surface area contributed by atoms with E-state index in [1.54, 1.807) is 0 Å². The van der Waals surface area contributed by atoms with Crippen LogP contribution in [0.15, 0.2) is 91.0 Å². The Hall–Kier alpha value is -3.13. The van der Waals surface area contributed by atoms with E-state index < -0.39 is 5.41 Å². The van der Waals surface area contributed by atoms with Gasteiger partial charge in [0.1, 0.15) is 11.2 Å². The highest BCUT2D eigenvalue weighted by Crippen LogP contribution is 2.43. The van der Waals surface area contributed by atoms with Crippen molar-refractivity contribution >= 4 is 11.7 Å². The molecule has 0 aromatic heterocycles. The number of carbonyl (C=O) groups excluding carboxylic acids is 1. The molecule has 0 aliphatic carbocycles. The van der Waals surface area contributed by atoms with E-state index in [0.29, 0.717) is 5.76 Å². The third-order valence-electron chi connectivity index (χ3n) is 4.67. The summed E-state index contributed by atoms with van der Waals surface area (Å²) < 4.78 is 5.72. The van der Waals surface area contributed by atoms with Gasteiger partial charge >= 0.3 is 5.97 Å². The van der Waals surface area contributed by atoms with Gasteiger partial charge in [-0.2, -0.15) is 0 Å². The SMILES string of the molecule is Cc1ccc(C2(c3ccccc3)C=C(c3ccccc3)OC2=O)cc1. The van der Waals surface area contributed by atoms with Gasteiger partial charge in [-0.05, 0) is 24.1 Å². The second kappa shape index (κ2) is 6.06. The zero-order valence-electron chi connectivity index (χ0n) is 14.0. The van der Waals surface area contributed by atoms with Gasteiger partial charge in [-0.1, -0.05) is 90.5 Å². The van der Waals surface area contributed by atoms with Crippen LogP contribution in [0.4, 0.5) is 0 Å². The molecular weight excluding hydrogens is 308 g/mol. The van der Waals surface area contributed by atoms with Crippen LogP contribution in [0.1, 0.15) is 22.3 Å². The molecule has 0 bridgehead atoms. The van der Waals surface area contributed by atoms with Crippen LogP contribution < -0.4 is 0 Å². The zero-order chi connectivity index (χ0) is 17.3. The van der Waals surface area contributed by atoms with Gasteiger partial charge in [0.15, 0.2) is 0 Å². The van der Waals surface area contributed by atoms with Crippen LogP contribution in [-0.4, -0.2) is 5.97 Å². The number of carbonyl (C=O) groups is 1. The third-order valence-corrected chi connectivity index (χ3v) is 4.67. The summed E-state index contributed by atoms with van der Waals surface area (Å²) in [4.78, 5) is 13.1. The van der Waals surface area contributed by atoms with Crippen LogP contribution in [-0.2, 0) is 14.9 Å². The van der Waals surface area contributed by atoms with Gasteiger partial charge in [0.25, 0.3) is 0 Å². The number of benzene rings is 3. The summed E-state index contributed by atoms with van der Waals surface area (Å²) in [5, 5.41) is 0. The Labute approximate surface area is 147 Å². The van der Waals surface area contributed by atoms with E-state index in [1.165, 1.54) is 0 Å².